The maximum atomic E-state index is 14.2. The molecule has 0 bridgehead atoms. The van der Waals surface area contributed by atoms with Crippen molar-refractivity contribution in [1.29, 1.82) is 0 Å². The van der Waals surface area contributed by atoms with Gasteiger partial charge in [-0.3, -0.25) is 0 Å². The van der Waals surface area contributed by atoms with Gasteiger partial charge in [-0.2, -0.15) is 0 Å². The molecule has 0 saturated heterocycles. The van der Waals surface area contributed by atoms with Gasteiger partial charge in [0.2, 0.25) is 0 Å². The predicted octanol–water partition coefficient (Wildman–Crippen LogP) is 3.81. The zero-order valence-corrected chi connectivity index (χ0v) is 12.2. The highest BCUT2D eigenvalue weighted by Gasteiger charge is 2.24. The van der Waals surface area contributed by atoms with Gasteiger partial charge in [-0.25, -0.2) is 4.39 Å². The number of rotatable bonds is 3. The minimum Gasteiger partial charge on any atom is -0.486 e. The maximum Gasteiger partial charge on any atom is 0.173 e. The molecule has 0 unspecified atom stereocenters. The summed E-state index contributed by atoms with van der Waals surface area (Å²) >= 11 is 5.95. The van der Waals surface area contributed by atoms with Crippen LogP contribution >= 0.6 is 11.6 Å². The summed E-state index contributed by atoms with van der Waals surface area (Å²) in [5.74, 6) is -0.100. The van der Waals surface area contributed by atoms with E-state index in [4.69, 9.17) is 16.3 Å². The predicted molar refractivity (Wildman–Crippen MR) is 70.2 cm³/mol. The molecule has 0 radical (unpaired) electrons. The van der Waals surface area contributed by atoms with Crippen LogP contribution in [0.25, 0.3) is 0 Å². The van der Waals surface area contributed by atoms with Gasteiger partial charge in [0.25, 0.3) is 0 Å². The zero-order valence-electron chi connectivity index (χ0n) is 10.4. The third-order valence-electron chi connectivity index (χ3n) is 2.21. The smallest absolute Gasteiger partial charge is 0.173 e. The van der Waals surface area contributed by atoms with Crippen molar-refractivity contribution in [2.24, 2.45) is 0 Å². The SMILES string of the molecule is CC(C)Oc1c(Cl)ccc([Si](C)(C)C)c1F. The van der Waals surface area contributed by atoms with Crippen molar-refractivity contribution in [2.75, 3.05) is 0 Å². The Labute approximate surface area is 103 Å². The van der Waals surface area contributed by atoms with E-state index in [2.05, 4.69) is 19.6 Å². The molecule has 0 aliphatic rings. The lowest BCUT2D eigenvalue weighted by atomic mass is 10.3. The maximum absolute atomic E-state index is 14.2. The van der Waals surface area contributed by atoms with Crippen molar-refractivity contribution in [3.8, 4) is 5.75 Å². The van der Waals surface area contributed by atoms with E-state index < -0.39 is 8.07 Å². The summed E-state index contributed by atoms with van der Waals surface area (Å²) in [5.41, 5.74) is 0. The molecular weight excluding hydrogens is 243 g/mol. The number of hydrogen-bond acceptors (Lipinski definition) is 1. The highest BCUT2D eigenvalue weighted by Crippen LogP contribution is 2.28. The quantitative estimate of drug-likeness (QED) is 0.751. The van der Waals surface area contributed by atoms with Crippen LogP contribution in [0.15, 0.2) is 12.1 Å². The molecule has 0 atom stereocenters. The second-order valence-corrected chi connectivity index (χ2v) is 10.6. The van der Waals surface area contributed by atoms with Crippen LogP contribution in [0, 0.1) is 5.82 Å². The van der Waals surface area contributed by atoms with Crippen LogP contribution in [0.5, 0.6) is 5.75 Å². The summed E-state index contributed by atoms with van der Waals surface area (Å²) in [6.07, 6.45) is -0.0797. The van der Waals surface area contributed by atoms with Gasteiger partial charge >= 0.3 is 0 Å². The van der Waals surface area contributed by atoms with Gasteiger partial charge in [0.1, 0.15) is 0 Å². The first-order chi connectivity index (χ1) is 7.23. The fraction of sp³-hybridized carbons (Fsp3) is 0.500. The molecule has 0 heterocycles. The Morgan fingerprint density at radius 1 is 1.25 bits per heavy atom. The van der Waals surface area contributed by atoms with E-state index in [1.165, 1.54) is 0 Å². The molecule has 0 spiro atoms. The third-order valence-corrected chi connectivity index (χ3v) is 4.51. The topological polar surface area (TPSA) is 9.23 Å². The van der Waals surface area contributed by atoms with Gasteiger partial charge in [0, 0.05) is 0 Å². The van der Waals surface area contributed by atoms with Gasteiger partial charge in [0.15, 0.2) is 11.6 Å². The highest BCUT2D eigenvalue weighted by molar-refractivity contribution is 6.88. The minimum atomic E-state index is -1.70. The van der Waals surface area contributed by atoms with Crippen molar-refractivity contribution in [1.82, 2.24) is 0 Å². The van der Waals surface area contributed by atoms with Crippen molar-refractivity contribution >= 4 is 24.9 Å². The second kappa shape index (κ2) is 4.76. The molecule has 4 heteroatoms. The Bertz CT molecular complexity index is 385. The molecule has 16 heavy (non-hydrogen) atoms. The molecule has 0 aromatic heterocycles. The van der Waals surface area contributed by atoms with Crippen LogP contribution < -0.4 is 9.92 Å². The first kappa shape index (κ1) is 13.5. The molecule has 0 fully saturated rings. The number of ether oxygens (including phenoxy) is 1. The van der Waals surface area contributed by atoms with Crippen LogP contribution in [0.2, 0.25) is 24.7 Å². The Balaban J connectivity index is 3.27. The monoisotopic (exact) mass is 260 g/mol. The Morgan fingerprint density at radius 3 is 2.25 bits per heavy atom. The lowest BCUT2D eigenvalue weighted by Gasteiger charge is -2.21. The summed E-state index contributed by atoms with van der Waals surface area (Å²) in [6, 6.07) is 3.49. The Morgan fingerprint density at radius 2 is 1.81 bits per heavy atom. The zero-order chi connectivity index (χ0) is 12.5. The summed E-state index contributed by atoms with van der Waals surface area (Å²) in [6.45, 7) is 10.0. The van der Waals surface area contributed by atoms with E-state index in [0.717, 1.165) is 5.19 Å². The van der Waals surface area contributed by atoms with Gasteiger partial charge in [-0.05, 0) is 25.1 Å². The average Bonchev–Trinajstić information content (AvgIpc) is 2.09. The fourth-order valence-corrected chi connectivity index (χ4v) is 3.00. The normalized spacial score (nSPS) is 12.0. The van der Waals surface area contributed by atoms with E-state index in [0.29, 0.717) is 5.02 Å². The highest BCUT2D eigenvalue weighted by atomic mass is 35.5. The molecule has 1 aromatic carbocycles. The molecule has 90 valence electrons. The molecule has 0 amide bonds. The van der Waals surface area contributed by atoms with E-state index >= 15 is 0 Å². The van der Waals surface area contributed by atoms with Crippen molar-refractivity contribution in [3.05, 3.63) is 23.0 Å². The van der Waals surface area contributed by atoms with Gasteiger partial charge in [-0.1, -0.05) is 37.3 Å². The lowest BCUT2D eigenvalue weighted by Crippen LogP contribution is -2.40. The van der Waals surface area contributed by atoms with Crippen LogP contribution in [0.1, 0.15) is 13.8 Å². The first-order valence-corrected chi connectivity index (χ1v) is 9.26. The van der Waals surface area contributed by atoms with Crippen molar-refractivity contribution in [3.63, 3.8) is 0 Å². The molecule has 0 aliphatic carbocycles. The molecule has 1 nitrogen and oxygen atoms in total. The number of hydrogen-bond donors (Lipinski definition) is 0. The largest absolute Gasteiger partial charge is 0.486 e. The average molecular weight is 261 g/mol. The van der Waals surface area contributed by atoms with E-state index in [1.807, 2.05) is 13.8 Å². The van der Waals surface area contributed by atoms with Crippen LogP contribution in [0.4, 0.5) is 4.39 Å². The van der Waals surface area contributed by atoms with Crippen molar-refractivity contribution < 1.29 is 9.13 Å². The molecule has 0 aliphatic heterocycles. The molecule has 0 saturated carbocycles. The van der Waals surface area contributed by atoms with Gasteiger partial charge in [-0.15, -0.1) is 0 Å². The molecular formula is C12H18ClFOSi. The third kappa shape index (κ3) is 2.98. The summed E-state index contributed by atoms with van der Waals surface area (Å²) < 4.78 is 19.6. The van der Waals surface area contributed by atoms with Crippen LogP contribution in [-0.2, 0) is 0 Å². The van der Waals surface area contributed by atoms with Gasteiger partial charge < -0.3 is 4.74 Å². The van der Waals surface area contributed by atoms with E-state index in [-0.39, 0.29) is 17.7 Å². The summed E-state index contributed by atoms with van der Waals surface area (Å²) in [7, 11) is -1.70. The molecule has 1 aromatic rings. The fourth-order valence-electron chi connectivity index (χ4n) is 1.46. The number of benzene rings is 1. The van der Waals surface area contributed by atoms with E-state index in [9.17, 15) is 4.39 Å². The van der Waals surface area contributed by atoms with Gasteiger partial charge in [0.05, 0.1) is 19.2 Å². The summed E-state index contributed by atoms with van der Waals surface area (Å²) in [4.78, 5) is 0. The van der Waals surface area contributed by atoms with Crippen molar-refractivity contribution in [2.45, 2.75) is 39.6 Å². The van der Waals surface area contributed by atoms with E-state index in [1.54, 1.807) is 12.1 Å². The Kier molecular flexibility index (Phi) is 4.02. The number of halogens is 2. The van der Waals surface area contributed by atoms with Crippen LogP contribution in [-0.4, -0.2) is 14.2 Å². The Hall–Kier alpha value is -0.543. The molecule has 1 rings (SSSR count). The first-order valence-electron chi connectivity index (χ1n) is 5.38. The summed E-state index contributed by atoms with van der Waals surface area (Å²) in [5, 5.41) is 1.10. The lowest BCUT2D eigenvalue weighted by molar-refractivity contribution is 0.232. The molecule has 0 N–H and O–H groups in total. The van der Waals surface area contributed by atoms with Crippen LogP contribution in [0.3, 0.4) is 0 Å². The second-order valence-electron chi connectivity index (χ2n) is 5.15. The minimum absolute atomic E-state index is 0.0797. The standard InChI is InChI=1S/C12H18ClFOSi/c1-8(2)15-12-9(13)6-7-10(11(12)14)16(3,4)5/h6-8H,1-5H3.